The van der Waals surface area contributed by atoms with Crippen LogP contribution in [0.5, 0.6) is 0 Å². The Bertz CT molecular complexity index is 527. The Morgan fingerprint density at radius 1 is 1.29 bits per heavy atom. The number of nitrogens with two attached hydrogens (primary N) is 1. The zero-order chi connectivity index (χ0) is 17.7. The summed E-state index contributed by atoms with van der Waals surface area (Å²) in [7, 11) is 1.43. The maximum absolute atomic E-state index is 11.8. The first-order valence-electron chi connectivity index (χ1n) is 8.65. The number of benzene rings is 1. The van der Waals surface area contributed by atoms with E-state index in [0.29, 0.717) is 19.4 Å². The third-order valence-electron chi connectivity index (χ3n) is 4.88. The standard InChI is InChI=1S/C19H30N2O3/c1-13(2)24-12-17(20)19(10-16(11-19)18(22)23-4)21-14(3)15-8-6-5-7-9-15/h5-9,13-14,16-17,21H,10-12,20H2,1-4H3/t14-,16?,17?,19?/m1/s1. The molecule has 2 atom stereocenters. The first kappa shape index (κ1) is 18.9. The molecular weight excluding hydrogens is 304 g/mol. The number of esters is 1. The SMILES string of the molecule is COC(=O)C1CC(N[C@H](C)c2ccccc2)(C(N)COC(C)C)C1. The van der Waals surface area contributed by atoms with Crippen molar-refractivity contribution in [2.75, 3.05) is 13.7 Å². The van der Waals surface area contributed by atoms with E-state index in [2.05, 4.69) is 24.4 Å². The van der Waals surface area contributed by atoms with Gasteiger partial charge in [-0.05, 0) is 39.2 Å². The number of rotatable bonds is 8. The molecule has 134 valence electrons. The number of nitrogens with one attached hydrogen (secondary N) is 1. The van der Waals surface area contributed by atoms with Crippen molar-refractivity contribution in [1.29, 1.82) is 0 Å². The molecule has 0 bridgehead atoms. The van der Waals surface area contributed by atoms with Gasteiger partial charge in [0.15, 0.2) is 0 Å². The summed E-state index contributed by atoms with van der Waals surface area (Å²) in [6, 6.07) is 10.2. The molecule has 0 aliphatic heterocycles. The minimum atomic E-state index is -0.303. The molecule has 1 fully saturated rings. The molecule has 5 nitrogen and oxygen atoms in total. The van der Waals surface area contributed by atoms with Gasteiger partial charge in [0.25, 0.3) is 0 Å². The van der Waals surface area contributed by atoms with Crippen LogP contribution >= 0.6 is 0 Å². The molecule has 24 heavy (non-hydrogen) atoms. The number of carbonyl (C=O) groups is 1. The van der Waals surface area contributed by atoms with Crippen molar-refractivity contribution in [3.05, 3.63) is 35.9 Å². The highest BCUT2D eigenvalue weighted by Crippen LogP contribution is 2.42. The van der Waals surface area contributed by atoms with Crippen LogP contribution in [0.1, 0.15) is 45.2 Å². The average molecular weight is 334 g/mol. The van der Waals surface area contributed by atoms with Crippen LogP contribution in [0.4, 0.5) is 0 Å². The lowest BCUT2D eigenvalue weighted by atomic mass is 9.64. The van der Waals surface area contributed by atoms with Crippen molar-refractivity contribution in [3.8, 4) is 0 Å². The van der Waals surface area contributed by atoms with E-state index in [-0.39, 0.29) is 35.6 Å². The Kier molecular flexibility index (Phi) is 6.38. The van der Waals surface area contributed by atoms with E-state index in [1.165, 1.54) is 12.7 Å². The molecular formula is C19H30N2O3. The second-order valence-corrected chi connectivity index (χ2v) is 7.05. The summed E-state index contributed by atoms with van der Waals surface area (Å²) in [5, 5.41) is 3.67. The summed E-state index contributed by atoms with van der Waals surface area (Å²) in [5.74, 6) is -0.243. The van der Waals surface area contributed by atoms with Gasteiger partial charge >= 0.3 is 5.97 Å². The minimum Gasteiger partial charge on any atom is -0.469 e. The molecule has 2 rings (SSSR count). The Morgan fingerprint density at radius 2 is 1.92 bits per heavy atom. The molecule has 0 amide bonds. The molecule has 0 heterocycles. The van der Waals surface area contributed by atoms with Crippen LogP contribution in [0.25, 0.3) is 0 Å². The quantitative estimate of drug-likeness (QED) is 0.714. The van der Waals surface area contributed by atoms with Crippen molar-refractivity contribution >= 4 is 5.97 Å². The van der Waals surface area contributed by atoms with Gasteiger partial charge in [-0.2, -0.15) is 0 Å². The summed E-state index contributed by atoms with van der Waals surface area (Å²) in [5.41, 5.74) is 7.35. The average Bonchev–Trinajstić information content (AvgIpc) is 2.55. The van der Waals surface area contributed by atoms with E-state index in [0.717, 1.165) is 0 Å². The fraction of sp³-hybridized carbons (Fsp3) is 0.632. The molecule has 1 unspecified atom stereocenters. The zero-order valence-electron chi connectivity index (χ0n) is 15.1. The van der Waals surface area contributed by atoms with E-state index >= 15 is 0 Å². The van der Waals surface area contributed by atoms with Crippen molar-refractivity contribution in [2.45, 2.75) is 57.3 Å². The van der Waals surface area contributed by atoms with E-state index in [9.17, 15) is 4.79 Å². The first-order valence-corrected chi connectivity index (χ1v) is 8.65. The van der Waals surface area contributed by atoms with Crippen LogP contribution in [0.15, 0.2) is 30.3 Å². The van der Waals surface area contributed by atoms with Crippen LogP contribution in [0, 0.1) is 5.92 Å². The number of hydrogen-bond acceptors (Lipinski definition) is 5. The van der Waals surface area contributed by atoms with Crippen LogP contribution < -0.4 is 11.1 Å². The van der Waals surface area contributed by atoms with Gasteiger partial charge in [-0.1, -0.05) is 30.3 Å². The van der Waals surface area contributed by atoms with Gasteiger partial charge in [0.2, 0.25) is 0 Å². The van der Waals surface area contributed by atoms with Gasteiger partial charge in [0.1, 0.15) is 0 Å². The molecule has 0 aromatic heterocycles. The fourth-order valence-corrected chi connectivity index (χ4v) is 3.39. The van der Waals surface area contributed by atoms with Gasteiger partial charge < -0.3 is 20.5 Å². The largest absolute Gasteiger partial charge is 0.469 e. The number of hydrogen-bond donors (Lipinski definition) is 2. The van der Waals surface area contributed by atoms with Crippen LogP contribution in [0.3, 0.4) is 0 Å². The number of methoxy groups -OCH3 is 1. The summed E-state index contributed by atoms with van der Waals surface area (Å²) < 4.78 is 10.6. The summed E-state index contributed by atoms with van der Waals surface area (Å²) in [6.45, 7) is 6.59. The first-order chi connectivity index (χ1) is 11.4. The van der Waals surface area contributed by atoms with Gasteiger partial charge in [0, 0.05) is 17.6 Å². The van der Waals surface area contributed by atoms with Crippen molar-refractivity contribution < 1.29 is 14.3 Å². The lowest BCUT2D eigenvalue weighted by Gasteiger charge is -2.52. The van der Waals surface area contributed by atoms with Gasteiger partial charge in [-0.3, -0.25) is 4.79 Å². The van der Waals surface area contributed by atoms with E-state index in [1.807, 2.05) is 32.0 Å². The highest BCUT2D eigenvalue weighted by atomic mass is 16.5. The van der Waals surface area contributed by atoms with Crippen LogP contribution in [0.2, 0.25) is 0 Å². The Morgan fingerprint density at radius 3 is 2.46 bits per heavy atom. The fourth-order valence-electron chi connectivity index (χ4n) is 3.39. The monoisotopic (exact) mass is 334 g/mol. The van der Waals surface area contributed by atoms with E-state index in [4.69, 9.17) is 15.2 Å². The van der Waals surface area contributed by atoms with E-state index in [1.54, 1.807) is 0 Å². The maximum atomic E-state index is 11.8. The van der Waals surface area contributed by atoms with Crippen LogP contribution in [-0.2, 0) is 14.3 Å². The second-order valence-electron chi connectivity index (χ2n) is 7.05. The van der Waals surface area contributed by atoms with E-state index < -0.39 is 0 Å². The molecule has 1 aromatic carbocycles. The molecule has 0 spiro atoms. The highest BCUT2D eigenvalue weighted by Gasteiger charge is 2.52. The summed E-state index contributed by atoms with van der Waals surface area (Å²) in [6.07, 6.45) is 1.50. The predicted molar refractivity (Wildman–Crippen MR) is 94.5 cm³/mol. The number of carbonyl (C=O) groups excluding carboxylic acids is 1. The van der Waals surface area contributed by atoms with Gasteiger partial charge in [-0.25, -0.2) is 0 Å². The Balaban J connectivity index is 2.07. The Labute approximate surface area is 144 Å². The summed E-state index contributed by atoms with van der Waals surface area (Å²) in [4.78, 5) is 11.8. The molecule has 0 saturated heterocycles. The van der Waals surface area contributed by atoms with Crippen molar-refractivity contribution in [3.63, 3.8) is 0 Å². The zero-order valence-corrected chi connectivity index (χ0v) is 15.1. The third-order valence-corrected chi connectivity index (χ3v) is 4.88. The van der Waals surface area contributed by atoms with Crippen molar-refractivity contribution in [2.24, 2.45) is 11.7 Å². The molecule has 0 radical (unpaired) electrons. The van der Waals surface area contributed by atoms with Crippen LogP contribution in [-0.4, -0.2) is 37.4 Å². The van der Waals surface area contributed by atoms with Crippen molar-refractivity contribution in [1.82, 2.24) is 5.32 Å². The second kappa shape index (κ2) is 8.10. The molecule has 1 aliphatic carbocycles. The lowest BCUT2D eigenvalue weighted by Crippen LogP contribution is -2.68. The minimum absolute atomic E-state index is 0.0874. The topological polar surface area (TPSA) is 73.6 Å². The summed E-state index contributed by atoms with van der Waals surface area (Å²) >= 11 is 0. The Hall–Kier alpha value is -1.43. The number of ether oxygens (including phenoxy) is 2. The van der Waals surface area contributed by atoms with Gasteiger partial charge in [0.05, 0.1) is 25.7 Å². The molecule has 1 aliphatic rings. The molecule has 1 saturated carbocycles. The molecule has 1 aromatic rings. The smallest absolute Gasteiger partial charge is 0.308 e. The van der Waals surface area contributed by atoms with Gasteiger partial charge in [-0.15, -0.1) is 0 Å². The normalized spacial score (nSPS) is 25.8. The highest BCUT2D eigenvalue weighted by molar-refractivity contribution is 5.74. The maximum Gasteiger partial charge on any atom is 0.308 e. The predicted octanol–water partition coefficient (Wildman–Crippen LogP) is 2.41. The third kappa shape index (κ3) is 4.35. The molecule has 3 N–H and O–H groups in total. The lowest BCUT2D eigenvalue weighted by molar-refractivity contribution is -0.153. The molecule has 5 heteroatoms.